The van der Waals surface area contributed by atoms with Crippen LogP contribution in [0.3, 0.4) is 0 Å². The lowest BCUT2D eigenvalue weighted by molar-refractivity contribution is -0.117. The van der Waals surface area contributed by atoms with Crippen molar-refractivity contribution >= 4 is 29.0 Å². The molecule has 2 fully saturated rings. The molecule has 1 spiro atoms. The van der Waals surface area contributed by atoms with Crippen LogP contribution in [0.2, 0.25) is 0 Å². The first-order valence-electron chi connectivity index (χ1n) is 9.97. The largest absolute Gasteiger partial charge is 0.350 e. The zero-order valence-electron chi connectivity index (χ0n) is 16.1. The van der Waals surface area contributed by atoms with Crippen LogP contribution < -0.4 is 21.5 Å². The molecule has 0 atom stereocenters. The highest BCUT2D eigenvalue weighted by Crippen LogP contribution is 2.38. The quantitative estimate of drug-likeness (QED) is 0.730. The summed E-state index contributed by atoms with van der Waals surface area (Å²) in [6.45, 7) is 1.83. The molecular weight excluding hydrogens is 372 g/mol. The highest BCUT2D eigenvalue weighted by molar-refractivity contribution is 5.97. The minimum Gasteiger partial charge on any atom is -0.350 e. The number of carbonyl (C=O) groups is 2. The van der Waals surface area contributed by atoms with E-state index in [-0.39, 0.29) is 23.3 Å². The molecule has 9 heteroatoms. The fraction of sp³-hybridized carbons (Fsp3) is 0.450. The molecule has 2 aromatic rings. The molecule has 0 aromatic carbocycles. The molecule has 0 radical (unpaired) electrons. The Morgan fingerprint density at radius 3 is 2.72 bits per heavy atom. The summed E-state index contributed by atoms with van der Waals surface area (Å²) in [5, 5.41) is 16.7. The van der Waals surface area contributed by atoms with Crippen molar-refractivity contribution in [2.45, 2.75) is 51.1 Å². The third-order valence-electron chi connectivity index (χ3n) is 5.94. The molecule has 150 valence electrons. The number of carbonyl (C=O) groups excluding carboxylic acids is 2. The van der Waals surface area contributed by atoms with Gasteiger partial charge >= 0.3 is 0 Å². The van der Waals surface area contributed by atoms with E-state index in [1.54, 1.807) is 16.7 Å². The summed E-state index contributed by atoms with van der Waals surface area (Å²) in [7, 11) is 0. The van der Waals surface area contributed by atoms with E-state index >= 15 is 0 Å². The van der Waals surface area contributed by atoms with Crippen molar-refractivity contribution in [3.63, 3.8) is 0 Å². The number of aryl methyl sites for hydroxylation is 1. The van der Waals surface area contributed by atoms with E-state index in [1.807, 2.05) is 6.92 Å². The Bertz CT molecular complexity index is 1080. The second-order valence-electron chi connectivity index (χ2n) is 8.14. The van der Waals surface area contributed by atoms with E-state index in [4.69, 9.17) is 0 Å². The molecule has 2 amide bonds. The van der Waals surface area contributed by atoms with Crippen LogP contribution in [0.4, 0.5) is 17.2 Å². The second-order valence-corrected chi connectivity index (χ2v) is 8.14. The highest BCUT2D eigenvalue weighted by atomic mass is 16.2. The average molecular weight is 394 g/mol. The van der Waals surface area contributed by atoms with E-state index in [0.717, 1.165) is 44.1 Å². The van der Waals surface area contributed by atoms with Crippen LogP contribution in [-0.2, 0) is 10.5 Å². The van der Waals surface area contributed by atoms with E-state index in [2.05, 4.69) is 26.1 Å². The van der Waals surface area contributed by atoms with Gasteiger partial charge in [0.15, 0.2) is 5.82 Å². The van der Waals surface area contributed by atoms with Gasteiger partial charge in [0.05, 0.1) is 11.9 Å². The minimum absolute atomic E-state index is 0.0577. The smallest absolute Gasteiger partial charge is 0.276 e. The van der Waals surface area contributed by atoms with Gasteiger partial charge in [-0.05, 0) is 57.1 Å². The van der Waals surface area contributed by atoms with Crippen LogP contribution in [0.1, 0.15) is 54.6 Å². The Hall–Kier alpha value is -3.23. The van der Waals surface area contributed by atoms with Gasteiger partial charge in [-0.1, -0.05) is 0 Å². The maximum absolute atomic E-state index is 13.3. The molecular formula is C20H22N6O3. The van der Waals surface area contributed by atoms with Gasteiger partial charge < -0.3 is 16.0 Å². The van der Waals surface area contributed by atoms with E-state index in [1.165, 1.54) is 6.20 Å². The normalized spacial score (nSPS) is 19.1. The maximum atomic E-state index is 13.3. The number of anilines is 3. The second kappa shape index (κ2) is 6.40. The first-order chi connectivity index (χ1) is 14.0. The molecule has 2 aliphatic carbocycles. The van der Waals surface area contributed by atoms with E-state index in [0.29, 0.717) is 22.9 Å². The van der Waals surface area contributed by atoms with Crippen molar-refractivity contribution < 1.29 is 9.59 Å². The summed E-state index contributed by atoms with van der Waals surface area (Å²) >= 11 is 0. The molecule has 0 unspecified atom stereocenters. The van der Waals surface area contributed by atoms with Gasteiger partial charge in [-0.3, -0.25) is 19.0 Å². The van der Waals surface area contributed by atoms with Crippen LogP contribution >= 0.6 is 0 Å². The Balaban J connectivity index is 1.49. The lowest BCUT2D eigenvalue weighted by Crippen LogP contribution is -2.45. The number of hydrogen-bond acceptors (Lipinski definition) is 6. The lowest BCUT2D eigenvalue weighted by atomic mass is 10.1. The van der Waals surface area contributed by atoms with Crippen LogP contribution in [-0.4, -0.2) is 26.6 Å². The lowest BCUT2D eigenvalue weighted by Gasteiger charge is -2.26. The number of hydrogen-bond donors (Lipinski definition) is 3. The van der Waals surface area contributed by atoms with Crippen LogP contribution in [0, 0.1) is 12.8 Å². The first kappa shape index (κ1) is 17.8. The fourth-order valence-electron chi connectivity index (χ4n) is 4.38. The molecule has 1 aliphatic heterocycles. The van der Waals surface area contributed by atoms with E-state index < -0.39 is 5.66 Å². The van der Waals surface area contributed by atoms with Crippen LogP contribution in [0.5, 0.6) is 0 Å². The SMILES string of the molecule is Cc1cc(Nc2cnnc(NC(=O)C3CC3)c2)c(=O)n2c1C(=O)NC21CCCC1. The van der Waals surface area contributed by atoms with Crippen LogP contribution in [0.15, 0.2) is 23.1 Å². The zero-order chi connectivity index (χ0) is 20.2. The first-order valence-corrected chi connectivity index (χ1v) is 9.97. The number of rotatable bonds is 4. The monoisotopic (exact) mass is 394 g/mol. The molecule has 0 saturated heterocycles. The maximum Gasteiger partial charge on any atom is 0.276 e. The predicted molar refractivity (Wildman–Crippen MR) is 106 cm³/mol. The topological polar surface area (TPSA) is 118 Å². The van der Waals surface area contributed by atoms with Gasteiger partial charge in [0.25, 0.3) is 11.5 Å². The Kier molecular flexibility index (Phi) is 3.94. The van der Waals surface area contributed by atoms with Crippen molar-refractivity contribution in [2.24, 2.45) is 5.92 Å². The number of pyridine rings is 1. The average Bonchev–Trinajstić information content (AvgIpc) is 3.37. The number of aromatic nitrogens is 3. The molecule has 0 bridgehead atoms. The number of nitrogens with zero attached hydrogens (tertiary/aromatic N) is 3. The van der Waals surface area contributed by atoms with Gasteiger partial charge in [-0.2, -0.15) is 5.10 Å². The number of amides is 2. The number of nitrogens with one attached hydrogen (secondary N) is 3. The predicted octanol–water partition coefficient (Wildman–Crippen LogP) is 2.01. The molecule has 2 saturated carbocycles. The minimum atomic E-state index is -0.619. The Morgan fingerprint density at radius 1 is 1.24 bits per heavy atom. The van der Waals surface area contributed by atoms with Gasteiger partial charge in [-0.15, -0.1) is 5.10 Å². The zero-order valence-corrected chi connectivity index (χ0v) is 16.1. The van der Waals surface area contributed by atoms with Gasteiger partial charge in [0.1, 0.15) is 17.0 Å². The highest BCUT2D eigenvalue weighted by Gasteiger charge is 2.46. The van der Waals surface area contributed by atoms with Crippen molar-refractivity contribution in [3.05, 3.63) is 39.9 Å². The molecule has 3 heterocycles. The summed E-state index contributed by atoms with van der Waals surface area (Å²) < 4.78 is 1.63. The van der Waals surface area contributed by atoms with Crippen molar-refractivity contribution in [1.82, 2.24) is 20.1 Å². The summed E-state index contributed by atoms with van der Waals surface area (Å²) in [4.78, 5) is 37.8. The summed E-state index contributed by atoms with van der Waals surface area (Å²) in [5.74, 6) is 0.153. The van der Waals surface area contributed by atoms with Gasteiger partial charge in [0, 0.05) is 12.0 Å². The molecule has 3 N–H and O–H groups in total. The van der Waals surface area contributed by atoms with E-state index in [9.17, 15) is 14.4 Å². The fourth-order valence-corrected chi connectivity index (χ4v) is 4.38. The van der Waals surface area contributed by atoms with Crippen molar-refractivity contribution in [2.75, 3.05) is 10.6 Å². The molecule has 29 heavy (non-hydrogen) atoms. The molecule has 9 nitrogen and oxygen atoms in total. The van der Waals surface area contributed by atoms with Crippen molar-refractivity contribution in [1.29, 1.82) is 0 Å². The Morgan fingerprint density at radius 2 is 2.00 bits per heavy atom. The Labute approximate surface area is 166 Å². The standard InChI is InChI=1S/C20H22N6O3/c1-11-8-14(19(29)26-16(11)18(28)24-20(26)6-2-3-7-20)22-13-9-15(25-21-10-13)23-17(27)12-4-5-12/h8-10,12H,2-7H2,1H3,(H,24,28)(H2,22,23,25,27). The molecule has 2 aromatic heterocycles. The summed E-state index contributed by atoms with van der Waals surface area (Å²) in [6.07, 6.45) is 6.75. The third-order valence-corrected chi connectivity index (χ3v) is 5.94. The summed E-state index contributed by atoms with van der Waals surface area (Å²) in [5.41, 5.74) is 1.21. The number of fused-ring (bicyclic) bond motifs is 2. The van der Waals surface area contributed by atoms with Crippen molar-refractivity contribution in [3.8, 4) is 0 Å². The third kappa shape index (κ3) is 2.97. The molecule has 3 aliphatic rings. The van der Waals surface area contributed by atoms with Crippen LogP contribution in [0.25, 0.3) is 0 Å². The molecule has 5 rings (SSSR count). The van der Waals surface area contributed by atoms with Gasteiger partial charge in [0.2, 0.25) is 5.91 Å². The van der Waals surface area contributed by atoms with Gasteiger partial charge in [-0.25, -0.2) is 0 Å². The summed E-state index contributed by atoms with van der Waals surface area (Å²) in [6, 6.07) is 3.33.